The highest BCUT2D eigenvalue weighted by Gasteiger charge is 2.21. The van der Waals surface area contributed by atoms with Crippen LogP contribution in [0, 0.1) is 0 Å². The van der Waals surface area contributed by atoms with Gasteiger partial charge in [-0.25, -0.2) is 0 Å². The first-order valence-electron chi connectivity index (χ1n) is 8.76. The summed E-state index contributed by atoms with van der Waals surface area (Å²) in [5.41, 5.74) is 2.04. The number of nitrogens with one attached hydrogen (secondary N) is 1. The second kappa shape index (κ2) is 8.11. The van der Waals surface area contributed by atoms with Crippen molar-refractivity contribution < 1.29 is 4.79 Å². The third-order valence-corrected chi connectivity index (χ3v) is 4.59. The van der Waals surface area contributed by atoms with E-state index in [0.29, 0.717) is 5.56 Å². The van der Waals surface area contributed by atoms with E-state index in [0.717, 1.165) is 45.3 Å². The van der Waals surface area contributed by atoms with E-state index < -0.39 is 0 Å². The fourth-order valence-electron chi connectivity index (χ4n) is 3.34. The molecular weight excluding hydrogens is 300 g/mol. The normalized spacial score (nSPS) is 18.5. The van der Waals surface area contributed by atoms with Crippen molar-refractivity contribution in [2.45, 2.75) is 31.7 Å². The number of carbonyl (C=O) groups is 1. The van der Waals surface area contributed by atoms with Gasteiger partial charge in [-0.2, -0.15) is 5.10 Å². The molecule has 0 spiro atoms. The highest BCUT2D eigenvalue weighted by Crippen LogP contribution is 2.12. The molecule has 1 atom stereocenters. The summed E-state index contributed by atoms with van der Waals surface area (Å²) in [6.07, 6.45) is 7.85. The molecule has 2 aromatic rings. The van der Waals surface area contributed by atoms with E-state index in [9.17, 15) is 4.79 Å². The summed E-state index contributed by atoms with van der Waals surface area (Å²) < 4.78 is 1.66. The molecule has 3 rings (SSSR count). The smallest absolute Gasteiger partial charge is 0.254 e. The number of amides is 1. The largest absolute Gasteiger partial charge is 0.348 e. The lowest BCUT2D eigenvalue weighted by atomic mass is 10.0. The molecule has 1 fully saturated rings. The fraction of sp³-hybridized carbons (Fsp3) is 0.474. The molecule has 5 heteroatoms. The third-order valence-electron chi connectivity index (χ3n) is 4.59. The van der Waals surface area contributed by atoms with Crippen molar-refractivity contribution in [1.82, 2.24) is 20.0 Å². The van der Waals surface area contributed by atoms with Gasteiger partial charge in [0.2, 0.25) is 0 Å². The van der Waals surface area contributed by atoms with Gasteiger partial charge in [-0.1, -0.05) is 30.3 Å². The molecule has 1 aromatic carbocycles. The predicted molar refractivity (Wildman–Crippen MR) is 94.9 cm³/mol. The molecule has 0 bridgehead atoms. The van der Waals surface area contributed by atoms with Crippen molar-refractivity contribution in [3.63, 3.8) is 0 Å². The number of piperidine rings is 1. The summed E-state index contributed by atoms with van der Waals surface area (Å²) in [4.78, 5) is 14.7. The van der Waals surface area contributed by atoms with Crippen LogP contribution >= 0.6 is 0 Å². The van der Waals surface area contributed by atoms with Crippen LogP contribution in [0.3, 0.4) is 0 Å². The Morgan fingerprint density at radius 2 is 2.17 bits per heavy atom. The lowest BCUT2D eigenvalue weighted by Gasteiger charge is -2.33. The number of likely N-dealkylation sites (tertiary alicyclic amines) is 1. The van der Waals surface area contributed by atoms with Crippen LogP contribution in [0.5, 0.6) is 0 Å². The predicted octanol–water partition coefficient (Wildman–Crippen LogP) is 2.25. The minimum atomic E-state index is -0.0146. The maximum absolute atomic E-state index is 12.2. The molecule has 1 amide bonds. The minimum absolute atomic E-state index is 0.0146. The maximum atomic E-state index is 12.2. The molecular formula is C19H26N4O. The maximum Gasteiger partial charge on any atom is 0.254 e. The molecule has 24 heavy (non-hydrogen) atoms. The minimum Gasteiger partial charge on any atom is -0.348 e. The molecule has 1 aliphatic heterocycles. The van der Waals surface area contributed by atoms with E-state index in [1.807, 2.05) is 7.05 Å². The van der Waals surface area contributed by atoms with E-state index in [-0.39, 0.29) is 11.9 Å². The van der Waals surface area contributed by atoms with E-state index in [4.69, 9.17) is 0 Å². The molecule has 128 valence electrons. The van der Waals surface area contributed by atoms with Crippen molar-refractivity contribution in [3.8, 4) is 0 Å². The van der Waals surface area contributed by atoms with Crippen molar-refractivity contribution in [2.24, 2.45) is 7.05 Å². The van der Waals surface area contributed by atoms with Crippen LogP contribution in [0.4, 0.5) is 0 Å². The van der Waals surface area contributed by atoms with Gasteiger partial charge in [0.15, 0.2) is 0 Å². The standard InChI is InChI=1S/C19H26N4O/c1-22-14-17(13-20-22)19(24)21-18-10-6-12-23(15-18)11-5-9-16-7-3-2-4-8-16/h2-4,7-8,13-14,18H,5-6,9-12,15H2,1H3,(H,21,24). The van der Waals surface area contributed by atoms with E-state index in [1.165, 1.54) is 5.56 Å². The number of aromatic nitrogens is 2. The van der Waals surface area contributed by atoms with Gasteiger partial charge in [-0.15, -0.1) is 0 Å². The molecule has 1 unspecified atom stereocenters. The average Bonchev–Trinajstić information content (AvgIpc) is 3.03. The number of carbonyl (C=O) groups excluding carboxylic acids is 1. The fourth-order valence-corrected chi connectivity index (χ4v) is 3.34. The van der Waals surface area contributed by atoms with Gasteiger partial charge in [0.05, 0.1) is 11.8 Å². The Bertz CT molecular complexity index is 652. The van der Waals surface area contributed by atoms with Gasteiger partial charge >= 0.3 is 0 Å². The molecule has 1 aliphatic rings. The Hall–Kier alpha value is -2.14. The highest BCUT2D eigenvalue weighted by molar-refractivity contribution is 5.93. The molecule has 1 N–H and O–H groups in total. The van der Waals surface area contributed by atoms with Crippen LogP contribution in [-0.2, 0) is 13.5 Å². The van der Waals surface area contributed by atoms with Gasteiger partial charge in [0, 0.05) is 25.8 Å². The molecule has 5 nitrogen and oxygen atoms in total. The summed E-state index contributed by atoms with van der Waals surface area (Å²) in [7, 11) is 1.83. The van der Waals surface area contributed by atoms with Crippen molar-refractivity contribution in [1.29, 1.82) is 0 Å². The Morgan fingerprint density at radius 1 is 1.33 bits per heavy atom. The average molecular weight is 326 g/mol. The van der Waals surface area contributed by atoms with Gasteiger partial charge in [0.25, 0.3) is 5.91 Å². The summed E-state index contributed by atoms with van der Waals surface area (Å²) in [5, 5.41) is 7.21. The SMILES string of the molecule is Cn1cc(C(=O)NC2CCCN(CCCc3ccccc3)C2)cn1. The van der Waals surface area contributed by atoms with Crippen LogP contribution in [0.2, 0.25) is 0 Å². The second-order valence-electron chi connectivity index (χ2n) is 6.61. The summed E-state index contributed by atoms with van der Waals surface area (Å²) in [6.45, 7) is 3.17. The van der Waals surface area contributed by atoms with Crippen molar-refractivity contribution in [2.75, 3.05) is 19.6 Å². The first-order chi connectivity index (χ1) is 11.7. The number of benzene rings is 1. The van der Waals surface area contributed by atoms with Gasteiger partial charge < -0.3 is 10.2 Å². The third kappa shape index (κ3) is 4.68. The summed E-state index contributed by atoms with van der Waals surface area (Å²) in [5.74, 6) is -0.0146. The number of hydrogen-bond donors (Lipinski definition) is 1. The monoisotopic (exact) mass is 326 g/mol. The highest BCUT2D eigenvalue weighted by atomic mass is 16.1. The first-order valence-corrected chi connectivity index (χ1v) is 8.76. The molecule has 0 radical (unpaired) electrons. The Morgan fingerprint density at radius 3 is 2.92 bits per heavy atom. The lowest BCUT2D eigenvalue weighted by Crippen LogP contribution is -2.47. The molecule has 2 heterocycles. The van der Waals surface area contributed by atoms with Crippen LogP contribution in [-0.4, -0.2) is 46.3 Å². The first kappa shape index (κ1) is 16.7. The number of nitrogens with zero attached hydrogens (tertiary/aromatic N) is 3. The van der Waals surface area contributed by atoms with Gasteiger partial charge in [-0.3, -0.25) is 9.48 Å². The number of rotatable bonds is 6. The van der Waals surface area contributed by atoms with E-state index in [2.05, 4.69) is 45.6 Å². The zero-order valence-electron chi connectivity index (χ0n) is 14.3. The lowest BCUT2D eigenvalue weighted by molar-refractivity contribution is 0.0903. The molecule has 0 aliphatic carbocycles. The topological polar surface area (TPSA) is 50.2 Å². The van der Waals surface area contributed by atoms with Crippen molar-refractivity contribution in [3.05, 3.63) is 53.9 Å². The zero-order valence-corrected chi connectivity index (χ0v) is 14.3. The van der Waals surface area contributed by atoms with Crippen LogP contribution < -0.4 is 5.32 Å². The van der Waals surface area contributed by atoms with E-state index in [1.54, 1.807) is 17.1 Å². The zero-order chi connectivity index (χ0) is 16.8. The summed E-state index contributed by atoms with van der Waals surface area (Å²) in [6, 6.07) is 10.9. The second-order valence-corrected chi connectivity index (χ2v) is 6.61. The molecule has 1 aromatic heterocycles. The Labute approximate surface area is 143 Å². The quantitative estimate of drug-likeness (QED) is 0.886. The molecule has 0 saturated carbocycles. The number of hydrogen-bond acceptors (Lipinski definition) is 3. The van der Waals surface area contributed by atoms with E-state index >= 15 is 0 Å². The molecule has 1 saturated heterocycles. The Balaban J connectivity index is 1.43. The Kier molecular flexibility index (Phi) is 5.64. The summed E-state index contributed by atoms with van der Waals surface area (Å²) >= 11 is 0. The van der Waals surface area contributed by atoms with Crippen molar-refractivity contribution >= 4 is 5.91 Å². The van der Waals surface area contributed by atoms with Crippen LogP contribution in [0.1, 0.15) is 35.2 Å². The van der Waals surface area contributed by atoms with Gasteiger partial charge in [-0.05, 0) is 44.3 Å². The number of aryl methyl sites for hydroxylation is 2. The van der Waals surface area contributed by atoms with Gasteiger partial charge in [0.1, 0.15) is 0 Å². The van der Waals surface area contributed by atoms with Crippen LogP contribution in [0.25, 0.3) is 0 Å². The van der Waals surface area contributed by atoms with Crippen LogP contribution in [0.15, 0.2) is 42.7 Å².